The van der Waals surface area contributed by atoms with Gasteiger partial charge in [-0.1, -0.05) is 48.0 Å². The van der Waals surface area contributed by atoms with Gasteiger partial charge in [0, 0.05) is 6.42 Å². The van der Waals surface area contributed by atoms with Gasteiger partial charge in [0.15, 0.2) is 0 Å². The molecule has 2 rings (SSSR count). The van der Waals surface area contributed by atoms with Crippen molar-refractivity contribution in [3.8, 4) is 16.9 Å². The van der Waals surface area contributed by atoms with Crippen LogP contribution in [0.1, 0.15) is 12.8 Å². The molecule has 2 aromatic rings. The molecule has 0 N–H and O–H groups in total. The number of esters is 1. The van der Waals surface area contributed by atoms with Crippen LogP contribution in [0.15, 0.2) is 48.5 Å². The Bertz CT molecular complexity index is 596. The number of ether oxygens (including phenoxy) is 2. The Morgan fingerprint density at radius 1 is 1.10 bits per heavy atom. The zero-order chi connectivity index (χ0) is 15.1. The largest absolute Gasteiger partial charge is 0.492 e. The molecule has 3 nitrogen and oxygen atoms in total. The molecular formula is C17H17ClO3. The summed E-state index contributed by atoms with van der Waals surface area (Å²) in [5.41, 5.74) is 2.15. The van der Waals surface area contributed by atoms with Gasteiger partial charge in [0.1, 0.15) is 5.75 Å². The van der Waals surface area contributed by atoms with E-state index in [4.69, 9.17) is 16.3 Å². The van der Waals surface area contributed by atoms with Crippen molar-refractivity contribution in [2.75, 3.05) is 13.7 Å². The third-order valence-electron chi connectivity index (χ3n) is 3.05. The quantitative estimate of drug-likeness (QED) is 0.588. The van der Waals surface area contributed by atoms with Gasteiger partial charge in [-0.05, 0) is 29.7 Å². The van der Waals surface area contributed by atoms with E-state index < -0.39 is 0 Å². The number of carbonyl (C=O) groups excluding carboxylic acids is 1. The van der Waals surface area contributed by atoms with Crippen LogP contribution in [0.3, 0.4) is 0 Å². The Balaban J connectivity index is 1.95. The highest BCUT2D eigenvalue weighted by atomic mass is 35.5. The van der Waals surface area contributed by atoms with Crippen LogP contribution in [-0.2, 0) is 9.53 Å². The van der Waals surface area contributed by atoms with Gasteiger partial charge in [-0.15, -0.1) is 0 Å². The van der Waals surface area contributed by atoms with Gasteiger partial charge in [0.25, 0.3) is 0 Å². The molecule has 0 aliphatic rings. The lowest BCUT2D eigenvalue weighted by Crippen LogP contribution is -2.04. The molecular weight excluding hydrogens is 288 g/mol. The van der Waals surface area contributed by atoms with Crippen molar-refractivity contribution < 1.29 is 14.3 Å². The molecule has 0 fully saturated rings. The fraction of sp³-hybridized carbons (Fsp3) is 0.235. The predicted molar refractivity (Wildman–Crippen MR) is 83.6 cm³/mol. The Labute approximate surface area is 129 Å². The number of carbonyl (C=O) groups is 1. The fourth-order valence-corrected chi connectivity index (χ4v) is 2.16. The van der Waals surface area contributed by atoms with E-state index >= 15 is 0 Å². The highest BCUT2D eigenvalue weighted by Gasteiger charge is 2.05. The second-order valence-corrected chi connectivity index (χ2v) is 4.95. The van der Waals surface area contributed by atoms with Crippen molar-refractivity contribution in [3.63, 3.8) is 0 Å². The van der Waals surface area contributed by atoms with Crippen LogP contribution in [0.25, 0.3) is 11.1 Å². The molecule has 110 valence electrons. The highest BCUT2D eigenvalue weighted by Crippen LogP contribution is 2.30. The van der Waals surface area contributed by atoms with E-state index in [0.717, 1.165) is 11.1 Å². The highest BCUT2D eigenvalue weighted by molar-refractivity contribution is 6.32. The summed E-state index contributed by atoms with van der Waals surface area (Å²) in [6, 6.07) is 15.7. The van der Waals surface area contributed by atoms with Crippen LogP contribution in [0, 0.1) is 0 Å². The van der Waals surface area contributed by atoms with Gasteiger partial charge >= 0.3 is 5.97 Å². The standard InChI is InChI=1S/C17H17ClO3/c1-20-17(19)8-5-11-21-16-10-9-14(12-15(16)18)13-6-3-2-4-7-13/h2-4,6-7,9-10,12H,5,8,11H2,1H3. The zero-order valence-electron chi connectivity index (χ0n) is 11.8. The maximum absolute atomic E-state index is 11.0. The number of benzene rings is 2. The van der Waals surface area contributed by atoms with Crippen LogP contribution in [0.4, 0.5) is 0 Å². The smallest absolute Gasteiger partial charge is 0.305 e. The molecule has 2 aromatic carbocycles. The van der Waals surface area contributed by atoms with E-state index in [1.807, 2.05) is 48.5 Å². The monoisotopic (exact) mass is 304 g/mol. The summed E-state index contributed by atoms with van der Waals surface area (Å²) in [7, 11) is 1.38. The topological polar surface area (TPSA) is 35.5 Å². The Morgan fingerprint density at radius 2 is 1.86 bits per heavy atom. The fourth-order valence-electron chi connectivity index (χ4n) is 1.93. The SMILES string of the molecule is COC(=O)CCCOc1ccc(-c2ccccc2)cc1Cl. The lowest BCUT2D eigenvalue weighted by molar-refractivity contribution is -0.140. The first-order valence-electron chi connectivity index (χ1n) is 6.75. The first kappa shape index (κ1) is 15.4. The number of hydrogen-bond acceptors (Lipinski definition) is 3. The van der Waals surface area contributed by atoms with E-state index in [0.29, 0.717) is 30.2 Å². The minimum absolute atomic E-state index is 0.232. The molecule has 21 heavy (non-hydrogen) atoms. The van der Waals surface area contributed by atoms with Crippen molar-refractivity contribution in [1.29, 1.82) is 0 Å². The third-order valence-corrected chi connectivity index (χ3v) is 3.34. The molecule has 0 heterocycles. The average Bonchev–Trinajstić information content (AvgIpc) is 2.53. The second-order valence-electron chi connectivity index (χ2n) is 4.54. The van der Waals surface area contributed by atoms with Crippen molar-refractivity contribution >= 4 is 17.6 Å². The maximum Gasteiger partial charge on any atom is 0.305 e. The molecule has 0 amide bonds. The van der Waals surface area contributed by atoms with E-state index in [9.17, 15) is 4.79 Å². The van der Waals surface area contributed by atoms with E-state index in [2.05, 4.69) is 4.74 Å². The van der Waals surface area contributed by atoms with E-state index in [1.54, 1.807) is 0 Å². The maximum atomic E-state index is 11.0. The summed E-state index contributed by atoms with van der Waals surface area (Å²) < 4.78 is 10.2. The first-order chi connectivity index (χ1) is 10.2. The lowest BCUT2D eigenvalue weighted by atomic mass is 10.1. The zero-order valence-corrected chi connectivity index (χ0v) is 12.6. The van der Waals surface area contributed by atoms with Crippen LogP contribution < -0.4 is 4.74 Å². The molecule has 0 spiro atoms. The lowest BCUT2D eigenvalue weighted by Gasteiger charge is -2.09. The number of methoxy groups -OCH3 is 1. The first-order valence-corrected chi connectivity index (χ1v) is 7.13. The van der Waals surface area contributed by atoms with Crippen LogP contribution in [-0.4, -0.2) is 19.7 Å². The molecule has 0 aliphatic carbocycles. The summed E-state index contributed by atoms with van der Waals surface area (Å²) in [5.74, 6) is 0.394. The van der Waals surface area contributed by atoms with Crippen molar-refractivity contribution in [1.82, 2.24) is 0 Å². The van der Waals surface area contributed by atoms with Gasteiger partial charge in [-0.25, -0.2) is 0 Å². The molecule has 0 unspecified atom stereocenters. The Morgan fingerprint density at radius 3 is 2.52 bits per heavy atom. The number of rotatable bonds is 6. The normalized spacial score (nSPS) is 10.2. The molecule has 0 aliphatic heterocycles. The molecule has 0 radical (unpaired) electrons. The molecule has 0 saturated carbocycles. The third kappa shape index (κ3) is 4.50. The van der Waals surface area contributed by atoms with Crippen LogP contribution >= 0.6 is 11.6 Å². The minimum atomic E-state index is -0.232. The molecule has 0 saturated heterocycles. The number of halogens is 1. The van der Waals surface area contributed by atoms with E-state index in [-0.39, 0.29) is 5.97 Å². The van der Waals surface area contributed by atoms with Gasteiger partial charge in [-0.3, -0.25) is 4.79 Å². The Kier molecular flexibility index (Phi) is 5.64. The van der Waals surface area contributed by atoms with Gasteiger partial charge in [-0.2, -0.15) is 0 Å². The van der Waals surface area contributed by atoms with Crippen molar-refractivity contribution in [2.45, 2.75) is 12.8 Å². The molecule has 0 aromatic heterocycles. The molecule has 0 bridgehead atoms. The van der Waals surface area contributed by atoms with Gasteiger partial charge in [0.05, 0.1) is 18.7 Å². The van der Waals surface area contributed by atoms with Crippen molar-refractivity contribution in [2.24, 2.45) is 0 Å². The van der Waals surface area contributed by atoms with Crippen LogP contribution in [0.5, 0.6) is 5.75 Å². The van der Waals surface area contributed by atoms with Crippen LogP contribution in [0.2, 0.25) is 5.02 Å². The van der Waals surface area contributed by atoms with Gasteiger partial charge < -0.3 is 9.47 Å². The summed E-state index contributed by atoms with van der Waals surface area (Å²) in [6.45, 7) is 0.430. The minimum Gasteiger partial charge on any atom is -0.492 e. The number of hydrogen-bond donors (Lipinski definition) is 0. The summed E-state index contributed by atoms with van der Waals surface area (Å²) in [6.07, 6.45) is 0.944. The van der Waals surface area contributed by atoms with Crippen molar-refractivity contribution in [3.05, 3.63) is 53.6 Å². The summed E-state index contributed by atoms with van der Waals surface area (Å²) >= 11 is 6.23. The van der Waals surface area contributed by atoms with E-state index in [1.165, 1.54) is 7.11 Å². The molecule has 4 heteroatoms. The Hall–Kier alpha value is -2.00. The second kappa shape index (κ2) is 7.70. The molecule has 0 atom stereocenters. The average molecular weight is 305 g/mol. The summed E-state index contributed by atoms with van der Waals surface area (Å²) in [5, 5.41) is 0.564. The predicted octanol–water partition coefficient (Wildman–Crippen LogP) is 4.34. The summed E-state index contributed by atoms with van der Waals surface area (Å²) in [4.78, 5) is 11.0. The van der Waals surface area contributed by atoms with Gasteiger partial charge in [0.2, 0.25) is 0 Å².